The van der Waals surface area contributed by atoms with Crippen LogP contribution in [0, 0.1) is 5.82 Å². The van der Waals surface area contributed by atoms with E-state index in [4.69, 9.17) is 4.74 Å². The highest BCUT2D eigenvalue weighted by Crippen LogP contribution is 2.22. The third kappa shape index (κ3) is 2.32. The second-order valence-corrected chi connectivity index (χ2v) is 4.78. The van der Waals surface area contributed by atoms with Crippen molar-refractivity contribution >= 4 is 29.3 Å². The number of carbonyl (C=O) groups excluding carboxylic acids is 1. The Morgan fingerprint density at radius 3 is 2.79 bits per heavy atom. The minimum atomic E-state index is -0.563. The van der Waals surface area contributed by atoms with Crippen molar-refractivity contribution < 1.29 is 13.9 Å². The number of ether oxygens (including phenoxy) is 1. The van der Waals surface area contributed by atoms with Crippen LogP contribution in [0.25, 0.3) is 6.08 Å². The van der Waals surface area contributed by atoms with Crippen molar-refractivity contribution in [1.29, 1.82) is 0 Å². The zero-order chi connectivity index (χ0) is 13.2. The molecule has 3 rings (SSSR count). The van der Waals surface area contributed by atoms with E-state index in [1.54, 1.807) is 18.2 Å². The van der Waals surface area contributed by atoms with E-state index in [2.05, 4.69) is 4.99 Å². The van der Waals surface area contributed by atoms with E-state index in [-0.39, 0.29) is 11.6 Å². The molecular formula is C14H8FNO2S. The first-order valence-electron chi connectivity index (χ1n) is 5.55. The van der Waals surface area contributed by atoms with E-state index in [1.807, 2.05) is 17.5 Å². The van der Waals surface area contributed by atoms with Crippen LogP contribution in [-0.2, 0) is 9.53 Å². The number of thiophene rings is 1. The minimum Gasteiger partial charge on any atom is -0.401 e. The molecule has 19 heavy (non-hydrogen) atoms. The lowest BCUT2D eigenvalue weighted by Crippen LogP contribution is -2.03. The van der Waals surface area contributed by atoms with E-state index in [0.29, 0.717) is 5.56 Å². The summed E-state index contributed by atoms with van der Waals surface area (Å²) in [6.45, 7) is 0. The van der Waals surface area contributed by atoms with Crippen molar-refractivity contribution in [3.05, 3.63) is 63.7 Å². The highest BCUT2D eigenvalue weighted by molar-refractivity contribution is 7.12. The van der Waals surface area contributed by atoms with Gasteiger partial charge in [0.1, 0.15) is 5.82 Å². The van der Waals surface area contributed by atoms with Crippen LogP contribution in [0.4, 0.5) is 4.39 Å². The summed E-state index contributed by atoms with van der Waals surface area (Å²) in [6.07, 6.45) is 1.39. The van der Waals surface area contributed by atoms with Crippen LogP contribution in [0.5, 0.6) is 0 Å². The van der Waals surface area contributed by atoms with Crippen LogP contribution in [0.2, 0.25) is 0 Å². The number of benzene rings is 1. The summed E-state index contributed by atoms with van der Waals surface area (Å²) in [5.74, 6) is -0.697. The van der Waals surface area contributed by atoms with Crippen LogP contribution >= 0.6 is 11.3 Å². The first-order valence-corrected chi connectivity index (χ1v) is 6.43. The molecule has 1 aliphatic rings. The predicted octanol–water partition coefficient (Wildman–Crippen LogP) is 3.23. The fourth-order valence-corrected chi connectivity index (χ4v) is 2.30. The van der Waals surface area contributed by atoms with Crippen LogP contribution in [0.1, 0.15) is 10.4 Å². The Balaban J connectivity index is 1.98. The Hall–Kier alpha value is -2.27. The Labute approximate surface area is 112 Å². The van der Waals surface area contributed by atoms with Crippen LogP contribution in [-0.4, -0.2) is 11.9 Å². The van der Waals surface area contributed by atoms with Crippen molar-refractivity contribution in [2.75, 3.05) is 0 Å². The molecule has 0 aliphatic carbocycles. The lowest BCUT2D eigenvalue weighted by atomic mass is 10.2. The second kappa shape index (κ2) is 4.78. The van der Waals surface area contributed by atoms with E-state index in [1.165, 1.54) is 23.5 Å². The molecule has 0 fully saturated rings. The van der Waals surface area contributed by atoms with Crippen molar-refractivity contribution in [3.63, 3.8) is 0 Å². The Morgan fingerprint density at radius 2 is 2.05 bits per heavy atom. The van der Waals surface area contributed by atoms with Crippen molar-refractivity contribution in [1.82, 2.24) is 0 Å². The van der Waals surface area contributed by atoms with Gasteiger partial charge >= 0.3 is 5.97 Å². The van der Waals surface area contributed by atoms with Gasteiger partial charge in [0.05, 0.1) is 4.88 Å². The number of esters is 1. The number of rotatable bonds is 2. The van der Waals surface area contributed by atoms with Crippen molar-refractivity contribution in [2.24, 2.45) is 4.99 Å². The molecule has 0 saturated heterocycles. The average Bonchev–Trinajstić information content (AvgIpc) is 3.02. The van der Waals surface area contributed by atoms with Gasteiger partial charge in [-0.1, -0.05) is 24.3 Å². The number of hydrogen-bond acceptors (Lipinski definition) is 4. The second-order valence-electron chi connectivity index (χ2n) is 3.83. The maximum atomic E-state index is 13.5. The molecule has 2 heterocycles. The molecular weight excluding hydrogens is 265 g/mol. The van der Waals surface area contributed by atoms with E-state index >= 15 is 0 Å². The number of nitrogens with zero attached hydrogens (tertiary/aromatic N) is 1. The molecule has 3 nitrogen and oxygen atoms in total. The highest BCUT2D eigenvalue weighted by Gasteiger charge is 2.24. The van der Waals surface area contributed by atoms with Crippen LogP contribution in [0.15, 0.2) is 52.5 Å². The number of carbonyl (C=O) groups is 1. The minimum absolute atomic E-state index is 0.105. The number of hydrogen-bond donors (Lipinski definition) is 0. The van der Waals surface area contributed by atoms with Gasteiger partial charge in [-0.05, 0) is 23.6 Å². The summed E-state index contributed by atoms with van der Waals surface area (Å²) in [6, 6.07) is 9.84. The van der Waals surface area contributed by atoms with E-state index in [0.717, 1.165) is 4.88 Å². The predicted molar refractivity (Wildman–Crippen MR) is 71.3 cm³/mol. The Bertz CT molecular complexity index is 689. The first kappa shape index (κ1) is 11.8. The Morgan fingerprint density at radius 1 is 1.21 bits per heavy atom. The molecule has 0 unspecified atom stereocenters. The third-order valence-corrected chi connectivity index (χ3v) is 3.41. The summed E-state index contributed by atoms with van der Waals surface area (Å²) in [4.78, 5) is 16.5. The molecule has 1 aromatic carbocycles. The van der Waals surface area contributed by atoms with Gasteiger partial charge < -0.3 is 4.74 Å². The maximum absolute atomic E-state index is 13.5. The molecule has 94 valence electrons. The molecule has 0 amide bonds. The zero-order valence-electron chi connectivity index (χ0n) is 9.67. The summed E-state index contributed by atoms with van der Waals surface area (Å²) < 4.78 is 18.6. The zero-order valence-corrected chi connectivity index (χ0v) is 10.5. The summed E-state index contributed by atoms with van der Waals surface area (Å²) in [5, 5.41) is 1.87. The quantitative estimate of drug-likeness (QED) is 0.622. The lowest BCUT2D eigenvalue weighted by Gasteiger charge is -1.95. The number of cyclic esters (lactones) is 1. The van der Waals surface area contributed by atoms with Crippen molar-refractivity contribution in [2.45, 2.75) is 0 Å². The normalized spacial score (nSPS) is 16.6. The van der Waals surface area contributed by atoms with Gasteiger partial charge in [0.2, 0.25) is 5.90 Å². The first-order chi connectivity index (χ1) is 9.24. The van der Waals surface area contributed by atoms with Gasteiger partial charge in [-0.15, -0.1) is 11.3 Å². The van der Waals surface area contributed by atoms with Gasteiger partial charge in [0, 0.05) is 5.56 Å². The smallest absolute Gasteiger partial charge is 0.363 e. The highest BCUT2D eigenvalue weighted by atomic mass is 32.1. The fraction of sp³-hybridized carbons (Fsp3) is 0. The standard InChI is InChI=1S/C14H8FNO2S/c15-10-5-2-1-4-9(10)8-11-14(17)18-13(16-11)12-6-3-7-19-12/h1-8H. The van der Waals surface area contributed by atoms with E-state index in [9.17, 15) is 9.18 Å². The third-order valence-electron chi connectivity index (χ3n) is 2.55. The fourth-order valence-electron chi connectivity index (χ4n) is 1.65. The molecule has 1 aliphatic heterocycles. The maximum Gasteiger partial charge on any atom is 0.363 e. The molecule has 0 spiro atoms. The van der Waals surface area contributed by atoms with Crippen LogP contribution in [0.3, 0.4) is 0 Å². The SMILES string of the molecule is O=C1OC(c2cccs2)=NC1=Cc1ccccc1F. The molecule has 0 bridgehead atoms. The number of halogens is 1. The summed E-state index contributed by atoms with van der Waals surface area (Å²) >= 11 is 1.42. The molecule has 0 N–H and O–H groups in total. The van der Waals surface area contributed by atoms with E-state index < -0.39 is 11.8 Å². The van der Waals surface area contributed by atoms with Crippen molar-refractivity contribution in [3.8, 4) is 0 Å². The molecule has 1 aromatic heterocycles. The Kier molecular flexibility index (Phi) is 2.97. The summed E-state index contributed by atoms with van der Waals surface area (Å²) in [5.41, 5.74) is 0.416. The number of aliphatic imine (C=N–C) groups is 1. The molecule has 0 saturated carbocycles. The molecule has 0 radical (unpaired) electrons. The summed E-state index contributed by atoms with van der Waals surface area (Å²) in [7, 11) is 0. The monoisotopic (exact) mass is 273 g/mol. The van der Waals surface area contributed by atoms with Gasteiger partial charge in [-0.25, -0.2) is 14.2 Å². The largest absolute Gasteiger partial charge is 0.401 e. The van der Waals surface area contributed by atoms with Crippen LogP contribution < -0.4 is 0 Å². The molecule has 5 heteroatoms. The molecule has 2 aromatic rings. The lowest BCUT2D eigenvalue weighted by molar-refractivity contribution is -0.129. The molecule has 0 atom stereocenters. The van der Waals surface area contributed by atoms with Gasteiger partial charge in [0.25, 0.3) is 0 Å². The average molecular weight is 273 g/mol. The van der Waals surface area contributed by atoms with Gasteiger partial charge in [-0.3, -0.25) is 0 Å². The van der Waals surface area contributed by atoms with Gasteiger partial charge in [0.15, 0.2) is 5.70 Å². The topological polar surface area (TPSA) is 38.7 Å². The van der Waals surface area contributed by atoms with Gasteiger partial charge in [-0.2, -0.15) is 0 Å².